The van der Waals surface area contributed by atoms with Crippen LogP contribution in [-0.4, -0.2) is 30.1 Å². The third kappa shape index (κ3) is 6.93. The molecule has 0 aromatic carbocycles. The van der Waals surface area contributed by atoms with Crippen molar-refractivity contribution >= 4 is 23.2 Å². The molecule has 1 amide bonds. The Morgan fingerprint density at radius 3 is 2.63 bits per heavy atom. The summed E-state index contributed by atoms with van der Waals surface area (Å²) in [6.07, 6.45) is 0.0551. The van der Waals surface area contributed by atoms with Gasteiger partial charge in [0.1, 0.15) is 0 Å². The lowest BCUT2D eigenvalue weighted by molar-refractivity contribution is -0.136. The molecule has 0 saturated carbocycles. The second-order valence-corrected chi connectivity index (χ2v) is 5.99. The van der Waals surface area contributed by atoms with Crippen molar-refractivity contribution in [3.8, 4) is 0 Å². The number of rotatable bonds is 8. The van der Waals surface area contributed by atoms with E-state index in [-0.39, 0.29) is 18.9 Å². The van der Waals surface area contributed by atoms with E-state index in [1.165, 1.54) is 11.3 Å². The van der Waals surface area contributed by atoms with Gasteiger partial charge in [0.2, 0.25) is 5.91 Å². The summed E-state index contributed by atoms with van der Waals surface area (Å²) in [4.78, 5) is 23.8. The summed E-state index contributed by atoms with van der Waals surface area (Å²) in [6, 6.07) is 3.70. The molecular weight excluding hydrogens is 264 g/mol. The summed E-state index contributed by atoms with van der Waals surface area (Å²) in [5.74, 6) is -0.398. The number of carboxylic acids is 1. The van der Waals surface area contributed by atoms with Crippen LogP contribution in [0, 0.1) is 5.92 Å². The van der Waals surface area contributed by atoms with Gasteiger partial charge in [0.25, 0.3) is 0 Å². The first-order valence-electron chi connectivity index (χ1n) is 6.24. The lowest BCUT2D eigenvalue weighted by atomic mass is 10.2. The van der Waals surface area contributed by atoms with Crippen LogP contribution < -0.4 is 10.6 Å². The van der Waals surface area contributed by atoms with E-state index in [2.05, 4.69) is 10.6 Å². The number of thiophene rings is 1. The number of nitrogens with one attached hydrogen (secondary N) is 2. The van der Waals surface area contributed by atoms with Crippen molar-refractivity contribution in [1.29, 1.82) is 0 Å². The predicted octanol–water partition coefficient (Wildman–Crippen LogP) is 1.24. The highest BCUT2D eigenvalue weighted by Crippen LogP contribution is 2.16. The van der Waals surface area contributed by atoms with E-state index in [1.807, 2.05) is 26.0 Å². The van der Waals surface area contributed by atoms with Crippen LogP contribution in [0.3, 0.4) is 0 Å². The first-order valence-corrected chi connectivity index (χ1v) is 7.06. The Hall–Kier alpha value is -1.40. The fourth-order valence-corrected chi connectivity index (χ4v) is 2.42. The minimum atomic E-state index is -0.825. The summed E-state index contributed by atoms with van der Waals surface area (Å²) in [5.41, 5.74) is 0. The van der Waals surface area contributed by atoms with Gasteiger partial charge < -0.3 is 15.7 Å². The van der Waals surface area contributed by atoms with Crippen molar-refractivity contribution in [3.05, 3.63) is 21.9 Å². The van der Waals surface area contributed by atoms with Gasteiger partial charge >= 0.3 is 5.97 Å². The Labute approximate surface area is 117 Å². The molecule has 0 bridgehead atoms. The third-order valence-electron chi connectivity index (χ3n) is 2.34. The summed E-state index contributed by atoms with van der Waals surface area (Å²) in [7, 11) is 0. The standard InChI is InChI=1S/C13H20N2O3S/c1-9(2)6-15-12(16)8-14-7-11-4-3-10(19-11)5-13(17)18/h3-4,9,14H,5-8H2,1-2H3,(H,15,16)(H,17,18). The van der Waals surface area contributed by atoms with Gasteiger partial charge in [-0.15, -0.1) is 11.3 Å². The Balaban J connectivity index is 2.23. The van der Waals surface area contributed by atoms with Crippen molar-refractivity contribution in [1.82, 2.24) is 10.6 Å². The maximum Gasteiger partial charge on any atom is 0.308 e. The first-order chi connectivity index (χ1) is 8.97. The number of hydrogen-bond acceptors (Lipinski definition) is 4. The van der Waals surface area contributed by atoms with Gasteiger partial charge in [-0.2, -0.15) is 0 Å². The average Bonchev–Trinajstić information content (AvgIpc) is 2.73. The molecule has 0 fully saturated rings. The second kappa shape index (κ2) is 7.91. The van der Waals surface area contributed by atoms with Gasteiger partial charge in [0.05, 0.1) is 13.0 Å². The number of hydrogen-bond donors (Lipinski definition) is 3. The second-order valence-electron chi connectivity index (χ2n) is 4.74. The number of carbonyl (C=O) groups excluding carboxylic acids is 1. The summed E-state index contributed by atoms with van der Waals surface area (Å²) in [6.45, 7) is 5.63. The predicted molar refractivity (Wildman–Crippen MR) is 75.2 cm³/mol. The molecule has 3 N–H and O–H groups in total. The van der Waals surface area contributed by atoms with E-state index < -0.39 is 5.97 Å². The van der Waals surface area contributed by atoms with Gasteiger partial charge in [0.15, 0.2) is 0 Å². The Kier molecular flexibility index (Phi) is 6.52. The third-order valence-corrected chi connectivity index (χ3v) is 3.42. The Morgan fingerprint density at radius 2 is 2.00 bits per heavy atom. The minimum absolute atomic E-state index is 0.0176. The van der Waals surface area contributed by atoms with Gasteiger partial charge in [-0.05, 0) is 18.1 Å². The van der Waals surface area contributed by atoms with Gasteiger partial charge in [-0.3, -0.25) is 9.59 Å². The van der Waals surface area contributed by atoms with Gasteiger partial charge in [0, 0.05) is 22.8 Å². The van der Waals surface area contributed by atoms with Crippen LogP contribution in [0.5, 0.6) is 0 Å². The summed E-state index contributed by atoms with van der Waals surface area (Å²) < 4.78 is 0. The highest BCUT2D eigenvalue weighted by molar-refractivity contribution is 7.12. The minimum Gasteiger partial charge on any atom is -0.481 e. The average molecular weight is 284 g/mol. The van der Waals surface area contributed by atoms with Crippen LogP contribution in [0.4, 0.5) is 0 Å². The van der Waals surface area contributed by atoms with Crippen molar-refractivity contribution in [2.45, 2.75) is 26.8 Å². The number of amides is 1. The molecule has 0 unspecified atom stereocenters. The molecule has 0 spiro atoms. The molecule has 0 aliphatic heterocycles. The zero-order valence-electron chi connectivity index (χ0n) is 11.2. The molecule has 6 heteroatoms. The van der Waals surface area contributed by atoms with Crippen molar-refractivity contribution in [2.24, 2.45) is 5.92 Å². The molecule has 1 aromatic heterocycles. The fourth-order valence-electron chi connectivity index (χ4n) is 1.44. The largest absolute Gasteiger partial charge is 0.481 e. The van der Waals surface area contributed by atoms with E-state index >= 15 is 0 Å². The smallest absolute Gasteiger partial charge is 0.308 e. The molecule has 0 aliphatic carbocycles. The maximum absolute atomic E-state index is 11.4. The first kappa shape index (κ1) is 15.7. The van der Waals surface area contributed by atoms with Crippen molar-refractivity contribution < 1.29 is 14.7 Å². The number of aliphatic carboxylic acids is 1. The maximum atomic E-state index is 11.4. The van der Waals surface area contributed by atoms with E-state index in [4.69, 9.17) is 5.11 Å². The van der Waals surface area contributed by atoms with E-state index in [9.17, 15) is 9.59 Å². The molecule has 19 heavy (non-hydrogen) atoms. The molecule has 1 aromatic rings. The summed E-state index contributed by atoms with van der Waals surface area (Å²) >= 11 is 1.46. The van der Waals surface area contributed by atoms with Crippen molar-refractivity contribution in [2.75, 3.05) is 13.1 Å². The molecule has 5 nitrogen and oxygen atoms in total. The van der Waals surface area contributed by atoms with Gasteiger partial charge in [-0.25, -0.2) is 0 Å². The van der Waals surface area contributed by atoms with Crippen LogP contribution in [0.15, 0.2) is 12.1 Å². The molecule has 106 valence electrons. The van der Waals surface area contributed by atoms with Crippen LogP contribution in [0.1, 0.15) is 23.6 Å². The number of carboxylic acid groups (broad SMARTS) is 1. The van der Waals surface area contributed by atoms with Crippen LogP contribution in [-0.2, 0) is 22.6 Å². The molecule has 1 rings (SSSR count). The Morgan fingerprint density at radius 1 is 1.32 bits per heavy atom. The van der Waals surface area contributed by atoms with Crippen LogP contribution >= 0.6 is 11.3 Å². The van der Waals surface area contributed by atoms with E-state index in [0.717, 1.165) is 9.75 Å². The topological polar surface area (TPSA) is 78.4 Å². The normalized spacial score (nSPS) is 10.7. The zero-order valence-corrected chi connectivity index (χ0v) is 12.0. The molecular formula is C13H20N2O3S. The number of carbonyl (C=O) groups is 2. The summed E-state index contributed by atoms with van der Waals surface area (Å²) in [5, 5.41) is 14.5. The zero-order chi connectivity index (χ0) is 14.3. The van der Waals surface area contributed by atoms with Crippen molar-refractivity contribution in [3.63, 3.8) is 0 Å². The monoisotopic (exact) mass is 284 g/mol. The van der Waals surface area contributed by atoms with E-state index in [1.54, 1.807) is 0 Å². The lowest BCUT2D eigenvalue weighted by Crippen LogP contribution is -2.35. The SMILES string of the molecule is CC(C)CNC(=O)CNCc1ccc(CC(=O)O)s1. The molecule has 0 aliphatic rings. The highest BCUT2D eigenvalue weighted by Gasteiger charge is 2.05. The fraction of sp³-hybridized carbons (Fsp3) is 0.538. The van der Waals surface area contributed by atoms with Crippen LogP contribution in [0.25, 0.3) is 0 Å². The van der Waals surface area contributed by atoms with Crippen LogP contribution in [0.2, 0.25) is 0 Å². The molecule has 0 saturated heterocycles. The Bertz CT molecular complexity index is 429. The highest BCUT2D eigenvalue weighted by atomic mass is 32.1. The molecule has 0 atom stereocenters. The lowest BCUT2D eigenvalue weighted by Gasteiger charge is -2.07. The van der Waals surface area contributed by atoms with Gasteiger partial charge in [-0.1, -0.05) is 13.8 Å². The quantitative estimate of drug-likeness (QED) is 0.671. The molecule has 1 heterocycles. The van der Waals surface area contributed by atoms with E-state index in [0.29, 0.717) is 19.0 Å². The molecule has 0 radical (unpaired) electrons.